The molecule has 0 saturated carbocycles. The van der Waals surface area contributed by atoms with Gasteiger partial charge in [-0.15, -0.1) is 10.2 Å². The molecule has 0 aromatic carbocycles. The second kappa shape index (κ2) is 17.6. The van der Waals surface area contributed by atoms with Crippen LogP contribution in [0, 0.1) is 95.3 Å². The van der Waals surface area contributed by atoms with Crippen LogP contribution in [-0.2, 0) is 21.7 Å². The van der Waals surface area contributed by atoms with Gasteiger partial charge in [0.2, 0.25) is 11.6 Å². The van der Waals surface area contributed by atoms with Gasteiger partial charge in [0, 0.05) is 21.7 Å². The zero-order chi connectivity index (χ0) is 39.2. The van der Waals surface area contributed by atoms with E-state index in [-0.39, 0.29) is 71.0 Å². The van der Waals surface area contributed by atoms with Crippen molar-refractivity contribution in [2.45, 2.75) is 103 Å². The molecular weight excluding hydrogens is 834 g/mol. The topological polar surface area (TPSA) is 302 Å². The van der Waals surface area contributed by atoms with E-state index >= 15 is 0 Å². The molecule has 2 aliphatic rings. The summed E-state index contributed by atoms with van der Waals surface area (Å²) in [5.41, 5.74) is 6.62. The van der Waals surface area contributed by atoms with E-state index in [2.05, 4.69) is 75.8 Å². The quantitative estimate of drug-likeness (QED) is 0.173. The van der Waals surface area contributed by atoms with E-state index in [1.54, 1.807) is 0 Å². The van der Waals surface area contributed by atoms with Gasteiger partial charge in [0.1, 0.15) is 11.4 Å². The van der Waals surface area contributed by atoms with Gasteiger partial charge in [-0.05, 0) is 49.9 Å². The second-order valence-electron chi connectivity index (χ2n) is 14.7. The molecule has 53 heavy (non-hydrogen) atoms. The molecule has 0 unspecified atom stereocenters. The Morgan fingerprint density at radius 3 is 0.962 bits per heavy atom. The summed E-state index contributed by atoms with van der Waals surface area (Å²) in [5.74, 6) is 1.07. The molecule has 6 rings (SSSR count). The molecule has 0 radical (unpaired) electrons. The van der Waals surface area contributed by atoms with Crippen LogP contribution in [0.2, 0.25) is 0 Å². The van der Waals surface area contributed by atoms with Gasteiger partial charge < -0.3 is 46.0 Å². The van der Waals surface area contributed by atoms with E-state index in [9.17, 15) is 0 Å². The molecule has 0 saturated heterocycles. The normalized spacial score (nSPS) is 16.4. The Hall–Kier alpha value is -4.50. The Bertz CT molecular complexity index is 1800. The third kappa shape index (κ3) is 11.7. The predicted molar refractivity (Wildman–Crippen MR) is 187 cm³/mol. The number of pyridine rings is 2. The van der Waals surface area contributed by atoms with Crippen molar-refractivity contribution in [2.75, 3.05) is 0 Å². The number of rotatable bonds is 3. The first kappa shape index (κ1) is 44.7. The molecule has 4 heterocycles. The molecule has 0 aliphatic heterocycles. The fourth-order valence-electron chi connectivity index (χ4n) is 5.85. The number of hydrogen-bond donors (Lipinski definition) is 0. The van der Waals surface area contributed by atoms with E-state index in [0.29, 0.717) is 23.0 Å². The Morgan fingerprint density at radius 2 is 0.679 bits per heavy atom. The van der Waals surface area contributed by atoms with Crippen molar-refractivity contribution < 1.29 is 64.6 Å². The van der Waals surface area contributed by atoms with Crippen molar-refractivity contribution >= 4 is 0 Å². The van der Waals surface area contributed by atoms with E-state index in [1.807, 2.05) is 36.4 Å². The molecule has 21 heteroatoms. The Morgan fingerprint density at radius 1 is 0.434 bits per heavy atom. The number of nitrogens with zero attached hydrogens (tertiary/aromatic N) is 11. The molecule has 0 N–H and O–H groups in total. The van der Waals surface area contributed by atoms with Crippen LogP contribution in [0.3, 0.4) is 0 Å². The summed E-state index contributed by atoms with van der Waals surface area (Å²) >= 11 is 0. The summed E-state index contributed by atoms with van der Waals surface area (Å²) in [7, 11) is 0. The van der Waals surface area contributed by atoms with Crippen LogP contribution in [0.1, 0.15) is 104 Å². The average molecular weight is 873 g/mol. The van der Waals surface area contributed by atoms with Crippen LogP contribution in [0.15, 0.2) is 36.4 Å². The number of aromatic nitrogens is 8. The van der Waals surface area contributed by atoms with Gasteiger partial charge in [-0.2, -0.15) is 10.2 Å². The molecule has 0 spiro atoms. The van der Waals surface area contributed by atoms with E-state index in [1.165, 1.54) is 0 Å². The Labute approximate surface area is 344 Å². The molecule has 282 valence electrons. The van der Waals surface area contributed by atoms with Crippen LogP contribution in [0.25, 0.3) is 34.4 Å². The minimum atomic E-state index is -1.75. The first-order valence-electron chi connectivity index (χ1n) is 15.9. The molecule has 4 aromatic rings. The van der Waals surface area contributed by atoms with Gasteiger partial charge in [0.05, 0.1) is 49.4 Å². The molecule has 20 nitrogen and oxygen atoms in total. The van der Waals surface area contributed by atoms with Crippen molar-refractivity contribution in [1.82, 2.24) is 40.3 Å². The minimum Gasteiger partial charge on any atom is -0.356 e. The minimum absolute atomic E-state index is 0. The summed E-state index contributed by atoms with van der Waals surface area (Å²) in [6.45, 7) is 17.8. The van der Waals surface area contributed by atoms with E-state index in [0.717, 1.165) is 59.8 Å². The van der Waals surface area contributed by atoms with Crippen molar-refractivity contribution in [1.29, 1.82) is 0 Å². The summed E-state index contributed by atoms with van der Waals surface area (Å²) in [6.07, 6.45) is 4.25. The molecule has 0 bridgehead atoms. The van der Waals surface area contributed by atoms with Crippen molar-refractivity contribution in [2.24, 2.45) is 0 Å². The van der Waals surface area contributed by atoms with Gasteiger partial charge in [-0.1, -0.05) is 67.5 Å². The van der Waals surface area contributed by atoms with Gasteiger partial charge in [0.25, 0.3) is 0 Å². The Balaban J connectivity index is 0.000000656. The Kier molecular flexibility index (Phi) is 14.8. The summed E-state index contributed by atoms with van der Waals surface area (Å²) in [6, 6.07) is 11.7. The van der Waals surface area contributed by atoms with E-state index < -0.39 is 15.3 Å². The maximum absolute atomic E-state index is 8.25. The van der Waals surface area contributed by atoms with E-state index in [4.69, 9.17) is 65.9 Å². The first-order chi connectivity index (χ1) is 24.0. The van der Waals surface area contributed by atoms with Crippen LogP contribution in [0.5, 0.6) is 0 Å². The predicted octanol–water partition coefficient (Wildman–Crippen LogP) is 5.83. The van der Waals surface area contributed by atoms with Crippen molar-refractivity contribution in [3.05, 3.63) is 105 Å². The zero-order valence-electron chi connectivity index (χ0n) is 30.3. The average Bonchev–Trinajstić information content (AvgIpc) is 3.05. The van der Waals surface area contributed by atoms with Crippen molar-refractivity contribution in [3.63, 3.8) is 0 Å². The van der Waals surface area contributed by atoms with Gasteiger partial charge in [-0.3, -0.25) is 0 Å². The second-order valence-corrected chi connectivity index (χ2v) is 14.7. The molecule has 0 atom stereocenters. The van der Waals surface area contributed by atoms with Crippen LogP contribution >= 0.6 is 0 Å². The fraction of sp³-hybridized carbons (Fsp3) is 0.500. The third-order valence-electron chi connectivity index (χ3n) is 8.91. The maximum Gasteiger partial charge on any atom is 3.00 e. The molecule has 2 aliphatic carbocycles. The number of hydrogen-bond acceptors (Lipinski definition) is 17. The van der Waals surface area contributed by atoms with Crippen LogP contribution in [-0.4, -0.2) is 55.6 Å². The maximum atomic E-state index is 8.25. The fourth-order valence-corrected chi connectivity index (χ4v) is 5.85. The molecule has 0 amide bonds. The molecular formula is C32H38EuN11O9. The van der Waals surface area contributed by atoms with Crippen molar-refractivity contribution in [3.8, 4) is 34.4 Å². The summed E-state index contributed by atoms with van der Waals surface area (Å²) < 4.78 is 0. The van der Waals surface area contributed by atoms with Gasteiger partial charge in [0.15, 0.2) is 0 Å². The van der Waals surface area contributed by atoms with Crippen LogP contribution < -0.4 is 0 Å². The monoisotopic (exact) mass is 873 g/mol. The third-order valence-corrected chi connectivity index (χ3v) is 8.91. The smallest absolute Gasteiger partial charge is 0.356 e. The standard InChI is InChI=1S/C32H38N8.Eu.3NO3/c1-29(2)15-17-31(5,6)25-23(29)35-27(39-37-25)21-13-9-11-19(33-21)20-12-10-14-22(34-20)28-36-24-26(38-40-28)32(7,8)18-16-30(24,3)4;;3*2-1(3)4/h9-14H,15-18H2,1-8H3;;;;/q;+3;3*-1. The van der Waals surface area contributed by atoms with Gasteiger partial charge in [-0.25, -0.2) is 19.9 Å². The molecule has 4 aromatic heterocycles. The SMILES string of the molecule is CC1(C)CCC(C)(C)c2nc(-c3cccc(-c4cccc(-c5nnc6c(n5)C(C)(C)CCC6(C)C)n4)n3)nnc21.O=[N+]([O-])[O-].O=[N+]([O-])[O-].O=[N+]([O-])[O-].[Eu+3]. The largest absolute Gasteiger partial charge is 3.00 e. The summed E-state index contributed by atoms with van der Waals surface area (Å²) in [5, 5.41) is 62.6. The molecule has 0 fully saturated rings. The zero-order valence-corrected chi connectivity index (χ0v) is 32.7. The first-order valence-corrected chi connectivity index (χ1v) is 15.9. The van der Waals surface area contributed by atoms with Gasteiger partial charge >= 0.3 is 49.4 Å². The summed E-state index contributed by atoms with van der Waals surface area (Å²) in [4.78, 5) is 44.6. The number of fused-ring (bicyclic) bond motifs is 2. The van der Waals surface area contributed by atoms with Crippen LogP contribution in [0.4, 0.5) is 0 Å².